The van der Waals surface area contributed by atoms with Crippen LogP contribution in [0.5, 0.6) is 11.5 Å². The first kappa shape index (κ1) is 24.0. The third-order valence-corrected chi connectivity index (χ3v) is 5.16. The number of hydrogen-bond donors (Lipinski definition) is 1. The van der Waals surface area contributed by atoms with E-state index in [2.05, 4.69) is 15.3 Å². The zero-order chi connectivity index (χ0) is 23.6. The molecule has 1 aromatic heterocycles. The third-order valence-electron chi connectivity index (χ3n) is 4.58. The predicted molar refractivity (Wildman–Crippen MR) is 111 cm³/mol. The standard InChI is InChI=1S/C21H16Cl2F5N3O/c1-3-12(31-21-13(23)19(9(2)22)29-8-30-21)10-4-6-11(7-5-10)32-20-17(27)15(25)14(24)16(26)18(20)28/h4-9,12H,3H2,1-2H3,(H,29,30,31). The second-order valence-electron chi connectivity index (χ2n) is 6.71. The van der Waals surface area contributed by atoms with E-state index < -0.39 is 40.2 Å². The van der Waals surface area contributed by atoms with Gasteiger partial charge in [0, 0.05) is 0 Å². The fraction of sp³-hybridized carbons (Fsp3) is 0.238. The van der Waals surface area contributed by atoms with Crippen molar-refractivity contribution in [1.82, 2.24) is 9.97 Å². The van der Waals surface area contributed by atoms with Gasteiger partial charge in [-0.15, -0.1) is 11.6 Å². The van der Waals surface area contributed by atoms with E-state index in [1.165, 1.54) is 18.5 Å². The summed E-state index contributed by atoms with van der Waals surface area (Å²) in [6.07, 6.45) is 1.93. The fourth-order valence-corrected chi connectivity index (χ4v) is 3.45. The van der Waals surface area contributed by atoms with Crippen LogP contribution in [0.1, 0.15) is 42.9 Å². The van der Waals surface area contributed by atoms with Gasteiger partial charge >= 0.3 is 0 Å². The third kappa shape index (κ3) is 4.73. The number of nitrogens with zero attached hydrogens (tertiary/aromatic N) is 2. The molecule has 3 rings (SSSR count). The Morgan fingerprint density at radius 3 is 2.03 bits per heavy atom. The van der Waals surface area contributed by atoms with Crippen molar-refractivity contribution in [3.8, 4) is 11.5 Å². The van der Waals surface area contributed by atoms with E-state index in [4.69, 9.17) is 27.9 Å². The average molecular weight is 492 g/mol. The molecule has 0 radical (unpaired) electrons. The Labute approximate surface area is 190 Å². The first-order valence-corrected chi connectivity index (χ1v) is 10.2. The SMILES string of the molecule is CCC(Nc1ncnc(C(C)Cl)c1Cl)c1ccc(Oc2c(F)c(F)c(F)c(F)c2F)cc1. The maximum atomic E-state index is 13.8. The van der Waals surface area contributed by atoms with Gasteiger partial charge in [0.25, 0.3) is 0 Å². The number of anilines is 1. The van der Waals surface area contributed by atoms with Gasteiger partial charge in [-0.1, -0.05) is 30.7 Å². The van der Waals surface area contributed by atoms with Crippen LogP contribution in [0.2, 0.25) is 5.02 Å². The van der Waals surface area contributed by atoms with Crippen LogP contribution >= 0.6 is 23.2 Å². The molecule has 0 fully saturated rings. The number of nitrogens with one attached hydrogen (secondary N) is 1. The lowest BCUT2D eigenvalue weighted by molar-refractivity contribution is 0.332. The van der Waals surface area contributed by atoms with E-state index in [0.717, 1.165) is 5.56 Å². The number of benzene rings is 2. The van der Waals surface area contributed by atoms with Crippen LogP contribution in [0.4, 0.5) is 27.8 Å². The lowest BCUT2D eigenvalue weighted by Gasteiger charge is -2.20. The monoisotopic (exact) mass is 491 g/mol. The van der Waals surface area contributed by atoms with Gasteiger partial charge in [0.05, 0.1) is 17.1 Å². The summed E-state index contributed by atoms with van der Waals surface area (Å²) < 4.78 is 72.5. The summed E-state index contributed by atoms with van der Waals surface area (Å²) in [5, 5.41) is 3.02. The van der Waals surface area contributed by atoms with Gasteiger partial charge in [-0.25, -0.2) is 23.1 Å². The smallest absolute Gasteiger partial charge is 0.207 e. The van der Waals surface area contributed by atoms with Crippen molar-refractivity contribution in [2.24, 2.45) is 0 Å². The molecule has 2 unspecified atom stereocenters. The molecule has 0 aliphatic heterocycles. The van der Waals surface area contributed by atoms with E-state index >= 15 is 0 Å². The molecule has 11 heteroatoms. The van der Waals surface area contributed by atoms with Crippen LogP contribution in [-0.4, -0.2) is 9.97 Å². The van der Waals surface area contributed by atoms with Gasteiger partial charge in [0.1, 0.15) is 22.9 Å². The largest absolute Gasteiger partial charge is 0.451 e. The van der Waals surface area contributed by atoms with Gasteiger partial charge in [0.15, 0.2) is 0 Å². The normalized spacial score (nSPS) is 13.0. The van der Waals surface area contributed by atoms with Crippen molar-refractivity contribution in [2.45, 2.75) is 31.7 Å². The molecule has 0 spiro atoms. The maximum Gasteiger partial charge on any atom is 0.207 e. The van der Waals surface area contributed by atoms with Crippen LogP contribution in [-0.2, 0) is 0 Å². The molecule has 170 valence electrons. The van der Waals surface area contributed by atoms with Crippen molar-refractivity contribution in [3.63, 3.8) is 0 Å². The molecule has 3 aromatic rings. The Morgan fingerprint density at radius 1 is 0.938 bits per heavy atom. The molecule has 2 atom stereocenters. The lowest BCUT2D eigenvalue weighted by atomic mass is 10.0. The number of ether oxygens (including phenoxy) is 1. The number of halogens is 7. The highest BCUT2D eigenvalue weighted by Gasteiger charge is 2.27. The van der Waals surface area contributed by atoms with Gasteiger partial charge in [-0.2, -0.15) is 8.78 Å². The Hall–Kier alpha value is -2.65. The average Bonchev–Trinajstić information content (AvgIpc) is 2.79. The summed E-state index contributed by atoms with van der Waals surface area (Å²) in [6, 6.07) is 5.55. The number of hydrogen-bond acceptors (Lipinski definition) is 4. The molecule has 4 nitrogen and oxygen atoms in total. The zero-order valence-electron chi connectivity index (χ0n) is 16.7. The topological polar surface area (TPSA) is 47.0 Å². The van der Waals surface area contributed by atoms with Crippen molar-refractivity contribution < 1.29 is 26.7 Å². The molecule has 32 heavy (non-hydrogen) atoms. The summed E-state index contributed by atoms with van der Waals surface area (Å²) in [7, 11) is 0. The van der Waals surface area contributed by atoms with Crippen LogP contribution in [0, 0.1) is 29.1 Å². The van der Waals surface area contributed by atoms with Crippen molar-refractivity contribution in [2.75, 3.05) is 5.32 Å². The molecule has 0 aliphatic carbocycles. The van der Waals surface area contributed by atoms with Crippen molar-refractivity contribution in [1.29, 1.82) is 0 Å². The summed E-state index contributed by atoms with van der Waals surface area (Å²) >= 11 is 12.4. The van der Waals surface area contributed by atoms with Crippen LogP contribution < -0.4 is 10.1 Å². The van der Waals surface area contributed by atoms with Crippen LogP contribution in [0.3, 0.4) is 0 Å². The first-order chi connectivity index (χ1) is 15.1. The van der Waals surface area contributed by atoms with E-state index in [1.807, 2.05) is 6.92 Å². The van der Waals surface area contributed by atoms with E-state index in [9.17, 15) is 22.0 Å². The molecule has 1 N–H and O–H groups in total. The molecule has 1 heterocycles. The molecule has 0 saturated heterocycles. The van der Waals surface area contributed by atoms with Gasteiger partial charge in [0.2, 0.25) is 34.8 Å². The summed E-state index contributed by atoms with van der Waals surface area (Å²) in [6.45, 7) is 3.62. The minimum atomic E-state index is -2.25. The highest BCUT2D eigenvalue weighted by Crippen LogP contribution is 2.35. The Morgan fingerprint density at radius 2 is 1.50 bits per heavy atom. The zero-order valence-corrected chi connectivity index (χ0v) is 18.2. The second-order valence-corrected chi connectivity index (χ2v) is 7.75. The molecule has 0 amide bonds. The second kappa shape index (κ2) is 9.87. The molecule has 0 aliphatic rings. The molecule has 0 bridgehead atoms. The Bertz CT molecular complexity index is 1100. The summed E-state index contributed by atoms with van der Waals surface area (Å²) in [5.74, 6) is -11.7. The van der Waals surface area contributed by atoms with E-state index in [-0.39, 0.29) is 16.8 Å². The van der Waals surface area contributed by atoms with Gasteiger partial charge in [-0.05, 0) is 31.0 Å². The fourth-order valence-electron chi connectivity index (χ4n) is 2.91. The molecular formula is C21H16Cl2F5N3O. The van der Waals surface area contributed by atoms with E-state index in [0.29, 0.717) is 17.9 Å². The quantitative estimate of drug-likeness (QED) is 0.161. The van der Waals surface area contributed by atoms with Crippen LogP contribution in [0.15, 0.2) is 30.6 Å². The lowest BCUT2D eigenvalue weighted by Crippen LogP contribution is -2.12. The van der Waals surface area contributed by atoms with Crippen molar-refractivity contribution >= 4 is 29.0 Å². The minimum Gasteiger partial charge on any atom is -0.451 e. The highest BCUT2D eigenvalue weighted by atomic mass is 35.5. The molecular weight excluding hydrogens is 476 g/mol. The summed E-state index contributed by atoms with van der Waals surface area (Å²) in [4.78, 5) is 8.19. The van der Waals surface area contributed by atoms with Crippen molar-refractivity contribution in [3.05, 3.63) is 76.0 Å². The Kier molecular flexibility index (Phi) is 7.40. The van der Waals surface area contributed by atoms with Gasteiger partial charge < -0.3 is 10.1 Å². The highest BCUT2D eigenvalue weighted by molar-refractivity contribution is 6.34. The number of alkyl halides is 1. The summed E-state index contributed by atoms with van der Waals surface area (Å²) in [5.41, 5.74) is 1.19. The van der Waals surface area contributed by atoms with Crippen LogP contribution in [0.25, 0.3) is 0 Å². The Balaban J connectivity index is 1.83. The maximum absolute atomic E-state index is 13.8. The predicted octanol–water partition coefficient (Wildman–Crippen LogP) is 7.48. The van der Waals surface area contributed by atoms with E-state index in [1.54, 1.807) is 19.1 Å². The molecule has 0 saturated carbocycles. The van der Waals surface area contributed by atoms with Gasteiger partial charge in [-0.3, -0.25) is 0 Å². The first-order valence-electron chi connectivity index (χ1n) is 9.35. The number of aromatic nitrogens is 2. The number of rotatable bonds is 7. The molecule has 2 aromatic carbocycles. The minimum absolute atomic E-state index is 0.120.